The predicted molar refractivity (Wildman–Crippen MR) is 168 cm³/mol. The molecule has 0 radical (unpaired) electrons. The summed E-state index contributed by atoms with van der Waals surface area (Å²) in [7, 11) is 4.18. The first-order chi connectivity index (χ1) is 20.9. The van der Waals surface area contributed by atoms with Gasteiger partial charge in [-0.3, -0.25) is 9.69 Å². The van der Waals surface area contributed by atoms with Crippen LogP contribution >= 0.6 is 0 Å². The maximum Gasteiger partial charge on any atom is 0.418 e. The van der Waals surface area contributed by atoms with Gasteiger partial charge in [0.1, 0.15) is 5.69 Å². The molecule has 0 spiro atoms. The van der Waals surface area contributed by atoms with E-state index in [0.717, 1.165) is 71.0 Å². The average molecular weight is 616 g/mol. The van der Waals surface area contributed by atoms with Gasteiger partial charge in [0.15, 0.2) is 17.3 Å². The second-order valence-electron chi connectivity index (χ2n) is 12.4. The summed E-state index contributed by atoms with van der Waals surface area (Å²) in [4.78, 5) is 30.3. The van der Waals surface area contributed by atoms with E-state index in [2.05, 4.69) is 56.0 Å². The van der Waals surface area contributed by atoms with Crippen LogP contribution in [0.2, 0.25) is 0 Å². The summed E-state index contributed by atoms with van der Waals surface area (Å²) in [6, 6.07) is 4.67. The van der Waals surface area contributed by atoms with E-state index >= 15 is 0 Å². The van der Waals surface area contributed by atoms with Gasteiger partial charge in [-0.15, -0.1) is 0 Å². The summed E-state index contributed by atoms with van der Waals surface area (Å²) in [5.74, 6) is -0.438. The number of alkyl halides is 3. The molecule has 0 bridgehead atoms. The number of hydrogen-bond donors (Lipinski definition) is 3. The van der Waals surface area contributed by atoms with E-state index in [0.29, 0.717) is 36.2 Å². The fourth-order valence-corrected chi connectivity index (χ4v) is 6.35. The first kappa shape index (κ1) is 32.0. The van der Waals surface area contributed by atoms with E-state index in [1.165, 1.54) is 6.07 Å². The van der Waals surface area contributed by atoms with Crippen LogP contribution in [0.5, 0.6) is 0 Å². The SMILES string of the molecule is C=C(C)c1nc(C(N)=O)c(Nc2ccc(N3CCC(N4CCN(C)CC4)CC3)c(C(F)(F)F)c2)nc1NC1CCN(C)CC1. The number of nitrogens with two attached hydrogens (primary N) is 1. The zero-order valence-corrected chi connectivity index (χ0v) is 25.9. The third-order valence-electron chi connectivity index (χ3n) is 9.02. The molecule has 10 nitrogen and oxygen atoms in total. The van der Waals surface area contributed by atoms with Gasteiger partial charge in [0.25, 0.3) is 5.91 Å². The van der Waals surface area contributed by atoms with Crippen LogP contribution in [0.4, 0.5) is 36.2 Å². The van der Waals surface area contributed by atoms with Crippen molar-refractivity contribution in [3.8, 4) is 0 Å². The van der Waals surface area contributed by atoms with E-state index in [-0.39, 0.29) is 28.9 Å². The van der Waals surface area contributed by atoms with E-state index in [4.69, 9.17) is 5.73 Å². The summed E-state index contributed by atoms with van der Waals surface area (Å²) >= 11 is 0. The van der Waals surface area contributed by atoms with Gasteiger partial charge in [0, 0.05) is 62.7 Å². The van der Waals surface area contributed by atoms with Crippen molar-refractivity contribution in [1.29, 1.82) is 0 Å². The third kappa shape index (κ3) is 7.44. The molecule has 4 heterocycles. The predicted octanol–water partition coefficient (Wildman–Crippen LogP) is 4.09. The number of aromatic nitrogens is 2. The number of allylic oxidation sites excluding steroid dienone is 1. The number of benzene rings is 1. The number of amides is 1. The van der Waals surface area contributed by atoms with Crippen LogP contribution < -0.4 is 21.3 Å². The Bertz CT molecular complexity index is 1340. The van der Waals surface area contributed by atoms with Crippen molar-refractivity contribution >= 4 is 34.5 Å². The van der Waals surface area contributed by atoms with Gasteiger partial charge in [0.05, 0.1) is 5.56 Å². The largest absolute Gasteiger partial charge is 0.418 e. The third-order valence-corrected chi connectivity index (χ3v) is 9.02. The molecule has 3 fully saturated rings. The second-order valence-corrected chi connectivity index (χ2v) is 12.4. The topological polar surface area (TPSA) is 106 Å². The maximum absolute atomic E-state index is 14.4. The summed E-state index contributed by atoms with van der Waals surface area (Å²) in [6.07, 6.45) is -1.17. The Hall–Kier alpha value is -3.42. The molecule has 240 valence electrons. The number of hydrogen-bond acceptors (Lipinski definition) is 9. The molecule has 5 rings (SSSR count). The lowest BCUT2D eigenvalue weighted by Gasteiger charge is -2.43. The van der Waals surface area contributed by atoms with Crippen molar-refractivity contribution in [1.82, 2.24) is 24.7 Å². The fraction of sp³-hybridized carbons (Fsp3) is 0.581. The van der Waals surface area contributed by atoms with Crippen molar-refractivity contribution in [2.45, 2.75) is 50.9 Å². The Morgan fingerprint density at radius 3 is 2.14 bits per heavy atom. The molecule has 1 aromatic heterocycles. The minimum atomic E-state index is -4.58. The van der Waals surface area contributed by atoms with Crippen LogP contribution in [0.15, 0.2) is 24.8 Å². The van der Waals surface area contributed by atoms with Crippen LogP contribution in [-0.2, 0) is 6.18 Å². The number of carbonyl (C=O) groups excluding carboxylic acids is 1. The molecule has 13 heteroatoms. The molecule has 0 unspecified atom stereocenters. The number of likely N-dealkylation sites (tertiary alicyclic amines) is 1. The molecule has 3 aliphatic heterocycles. The number of primary amides is 1. The zero-order chi connectivity index (χ0) is 31.6. The summed E-state index contributed by atoms with van der Waals surface area (Å²) in [6.45, 7) is 12.7. The normalized spacial score (nSPS) is 20.1. The highest BCUT2D eigenvalue weighted by Crippen LogP contribution is 2.40. The van der Waals surface area contributed by atoms with Crippen LogP contribution in [-0.4, -0.2) is 109 Å². The fourth-order valence-electron chi connectivity index (χ4n) is 6.35. The number of anilines is 4. The molecule has 4 N–H and O–H groups in total. The Balaban J connectivity index is 1.38. The molecule has 3 aliphatic rings. The van der Waals surface area contributed by atoms with Crippen LogP contribution in [0.1, 0.15) is 54.4 Å². The first-order valence-electron chi connectivity index (χ1n) is 15.4. The monoisotopic (exact) mass is 615 g/mol. The highest BCUT2D eigenvalue weighted by atomic mass is 19.4. The number of nitrogens with zero attached hydrogens (tertiary/aromatic N) is 6. The molecule has 1 amide bonds. The zero-order valence-electron chi connectivity index (χ0n) is 25.9. The number of piperidine rings is 2. The van der Waals surface area contributed by atoms with Gasteiger partial charge in [0.2, 0.25) is 0 Å². The smallest absolute Gasteiger partial charge is 0.371 e. The maximum atomic E-state index is 14.4. The lowest BCUT2D eigenvalue weighted by molar-refractivity contribution is -0.137. The highest BCUT2D eigenvalue weighted by molar-refractivity contribution is 5.97. The number of halogens is 3. The Kier molecular flexibility index (Phi) is 9.66. The van der Waals surface area contributed by atoms with E-state index in [9.17, 15) is 18.0 Å². The Morgan fingerprint density at radius 1 is 0.909 bits per heavy atom. The van der Waals surface area contributed by atoms with Crippen molar-refractivity contribution in [3.05, 3.63) is 41.7 Å². The van der Waals surface area contributed by atoms with E-state index in [1.54, 1.807) is 13.0 Å². The van der Waals surface area contributed by atoms with Gasteiger partial charge < -0.3 is 31.1 Å². The van der Waals surface area contributed by atoms with E-state index < -0.39 is 17.6 Å². The number of piperazine rings is 1. The van der Waals surface area contributed by atoms with Gasteiger partial charge in [-0.25, -0.2) is 9.97 Å². The standard InChI is InChI=1S/C31H44F3N9O/c1-20(2)26-29(36-21-7-11-40(3)12-8-21)39-30(27(38-26)28(35)44)37-22-5-6-25(24(19-22)31(32,33)34)43-13-9-23(10-14-43)42-17-15-41(4)16-18-42/h5-6,19,21,23H,1,7-18H2,2-4H3,(H2,35,44)(H2,36,37,39). The number of carbonyl (C=O) groups is 1. The van der Waals surface area contributed by atoms with Crippen molar-refractivity contribution < 1.29 is 18.0 Å². The summed E-state index contributed by atoms with van der Waals surface area (Å²) in [5.41, 5.74) is 6.02. The number of likely N-dealkylation sites (N-methyl/N-ethyl adjacent to an activating group) is 1. The van der Waals surface area contributed by atoms with Gasteiger partial charge in [-0.05, 0) is 83.6 Å². The van der Waals surface area contributed by atoms with Crippen LogP contribution in [0, 0.1) is 0 Å². The van der Waals surface area contributed by atoms with Gasteiger partial charge >= 0.3 is 6.18 Å². The second kappa shape index (κ2) is 13.3. The molecule has 0 atom stereocenters. The summed E-state index contributed by atoms with van der Waals surface area (Å²) < 4.78 is 43.3. The highest BCUT2D eigenvalue weighted by Gasteiger charge is 2.37. The molecular weight excluding hydrogens is 571 g/mol. The number of nitrogens with one attached hydrogen (secondary N) is 2. The van der Waals surface area contributed by atoms with Crippen molar-refractivity contribution in [2.75, 3.05) is 82.0 Å². The van der Waals surface area contributed by atoms with Crippen molar-refractivity contribution in [3.63, 3.8) is 0 Å². The lowest BCUT2D eigenvalue weighted by Crippen LogP contribution is -2.52. The molecule has 0 saturated carbocycles. The molecule has 1 aromatic carbocycles. The minimum Gasteiger partial charge on any atom is -0.371 e. The van der Waals surface area contributed by atoms with Crippen molar-refractivity contribution in [2.24, 2.45) is 5.73 Å². The molecule has 0 aliphatic carbocycles. The molecule has 44 heavy (non-hydrogen) atoms. The quantitative estimate of drug-likeness (QED) is 0.405. The molecular formula is C31H44F3N9O. The first-order valence-corrected chi connectivity index (χ1v) is 15.4. The van der Waals surface area contributed by atoms with E-state index in [1.807, 2.05) is 4.90 Å². The van der Waals surface area contributed by atoms with Gasteiger partial charge in [-0.1, -0.05) is 6.58 Å². The number of rotatable bonds is 8. The van der Waals surface area contributed by atoms with Crippen LogP contribution in [0.25, 0.3) is 5.57 Å². The minimum absolute atomic E-state index is 0.00760. The average Bonchev–Trinajstić information content (AvgIpc) is 2.98. The molecule has 3 saturated heterocycles. The Morgan fingerprint density at radius 2 is 1.55 bits per heavy atom. The van der Waals surface area contributed by atoms with Crippen LogP contribution in [0.3, 0.4) is 0 Å². The lowest BCUT2D eigenvalue weighted by atomic mass is 10.00. The Labute approximate surface area is 257 Å². The van der Waals surface area contributed by atoms with Gasteiger partial charge in [-0.2, -0.15) is 13.2 Å². The molecule has 2 aromatic rings. The summed E-state index contributed by atoms with van der Waals surface area (Å²) in [5, 5.41) is 6.33.